The van der Waals surface area contributed by atoms with Gasteiger partial charge in [0.15, 0.2) is 0 Å². The molecule has 0 N–H and O–H groups in total. The molecule has 4 rings (SSSR count). The Hall–Kier alpha value is -2.22. The zero-order valence-electron chi connectivity index (χ0n) is 17.2. The molecule has 0 radical (unpaired) electrons. The summed E-state index contributed by atoms with van der Waals surface area (Å²) in [6.45, 7) is 0.367. The fraction of sp³-hybridized carbons (Fsp3) is 0.591. The van der Waals surface area contributed by atoms with Crippen molar-refractivity contribution in [3.8, 4) is 0 Å². The molecule has 0 aromatic heterocycles. The molecule has 3 aliphatic rings. The van der Waals surface area contributed by atoms with E-state index < -0.39 is 9.84 Å². The highest BCUT2D eigenvalue weighted by molar-refractivity contribution is 7.91. The number of carbonyl (C=O) groups excluding carboxylic acids is 3. The van der Waals surface area contributed by atoms with Crippen LogP contribution in [0.4, 0.5) is 0 Å². The van der Waals surface area contributed by atoms with Gasteiger partial charge >= 0.3 is 0 Å². The molecule has 3 amide bonds. The van der Waals surface area contributed by atoms with Crippen molar-refractivity contribution in [3.05, 3.63) is 35.4 Å². The number of hydrogen-bond acceptors (Lipinski definition) is 5. The number of sulfone groups is 1. The summed E-state index contributed by atoms with van der Waals surface area (Å²) in [6, 6.07) is 6.96. The summed E-state index contributed by atoms with van der Waals surface area (Å²) in [5.41, 5.74) is 0.927. The number of rotatable bonds is 7. The van der Waals surface area contributed by atoms with E-state index in [1.165, 1.54) is 11.2 Å². The lowest BCUT2D eigenvalue weighted by atomic mass is 10.0. The van der Waals surface area contributed by atoms with Crippen LogP contribution < -0.4 is 0 Å². The Kier molecular flexibility index (Phi) is 5.70. The van der Waals surface area contributed by atoms with Crippen molar-refractivity contribution in [2.45, 2.75) is 68.7 Å². The molecule has 2 unspecified atom stereocenters. The van der Waals surface area contributed by atoms with Crippen LogP contribution in [0.5, 0.6) is 0 Å². The summed E-state index contributed by atoms with van der Waals surface area (Å²) in [5.74, 6) is -0.371. The van der Waals surface area contributed by atoms with E-state index in [9.17, 15) is 22.8 Å². The fourth-order valence-electron chi connectivity index (χ4n) is 5.18. The minimum atomic E-state index is -3.06. The second-order valence-electron chi connectivity index (χ2n) is 8.73. The lowest BCUT2D eigenvalue weighted by Crippen LogP contribution is -2.49. The van der Waals surface area contributed by atoms with Gasteiger partial charge in [0.1, 0.15) is 9.84 Å². The quantitative estimate of drug-likeness (QED) is 0.487. The Morgan fingerprint density at radius 3 is 2.07 bits per heavy atom. The lowest BCUT2D eigenvalue weighted by Gasteiger charge is -2.38. The molecule has 2 atom stereocenters. The normalized spacial score (nSPS) is 25.7. The zero-order chi connectivity index (χ0) is 21.5. The van der Waals surface area contributed by atoms with Crippen LogP contribution in [0, 0.1) is 0 Å². The zero-order valence-corrected chi connectivity index (χ0v) is 18.1. The number of unbranched alkanes of at least 4 members (excludes halogenated alkanes) is 2. The summed E-state index contributed by atoms with van der Waals surface area (Å²) < 4.78 is 23.8. The molecule has 0 saturated carbocycles. The average molecular weight is 433 g/mol. The lowest BCUT2D eigenvalue weighted by molar-refractivity contribution is -0.135. The highest BCUT2D eigenvalue weighted by atomic mass is 32.2. The number of piperidine rings is 1. The Labute approximate surface area is 177 Å². The van der Waals surface area contributed by atoms with Crippen LogP contribution in [0.1, 0.15) is 72.1 Å². The highest BCUT2D eigenvalue weighted by Crippen LogP contribution is 2.38. The smallest absolute Gasteiger partial charge is 0.261 e. The monoisotopic (exact) mass is 432 g/mol. The van der Waals surface area contributed by atoms with Gasteiger partial charge in [-0.3, -0.25) is 19.3 Å². The van der Waals surface area contributed by atoms with Gasteiger partial charge in [-0.25, -0.2) is 8.42 Å². The van der Waals surface area contributed by atoms with Crippen LogP contribution in [0.25, 0.3) is 0 Å². The van der Waals surface area contributed by atoms with E-state index in [1.807, 2.05) is 4.90 Å². The number of benzene rings is 1. The molecular formula is C22H28N2O5S. The van der Waals surface area contributed by atoms with Crippen LogP contribution in [-0.4, -0.2) is 66.1 Å². The molecule has 2 bridgehead atoms. The number of nitrogens with zero attached hydrogens (tertiary/aromatic N) is 2. The van der Waals surface area contributed by atoms with Gasteiger partial charge in [0.2, 0.25) is 5.91 Å². The molecule has 1 aromatic rings. The van der Waals surface area contributed by atoms with E-state index >= 15 is 0 Å². The van der Waals surface area contributed by atoms with Crippen LogP contribution in [-0.2, 0) is 14.6 Å². The summed E-state index contributed by atoms with van der Waals surface area (Å²) in [7, 11) is -3.06. The SMILES string of the molecule is CS(=O)(=O)C1CC2CCC(C1)N2C(=O)CCCCCN1C(=O)c2ccccc2C1=O. The predicted molar refractivity (Wildman–Crippen MR) is 112 cm³/mol. The van der Waals surface area contributed by atoms with E-state index in [1.54, 1.807) is 24.3 Å². The van der Waals surface area contributed by atoms with Gasteiger partial charge in [0.05, 0.1) is 16.4 Å². The first kappa shape index (κ1) is 21.0. The van der Waals surface area contributed by atoms with Crippen LogP contribution in [0.2, 0.25) is 0 Å². The molecule has 0 spiro atoms. The van der Waals surface area contributed by atoms with E-state index in [-0.39, 0.29) is 35.1 Å². The van der Waals surface area contributed by atoms with Gasteiger partial charge in [0.25, 0.3) is 11.8 Å². The van der Waals surface area contributed by atoms with Gasteiger partial charge in [-0.05, 0) is 50.7 Å². The van der Waals surface area contributed by atoms with Crippen LogP contribution in [0.3, 0.4) is 0 Å². The number of imide groups is 1. The van der Waals surface area contributed by atoms with Crippen molar-refractivity contribution < 1.29 is 22.8 Å². The Morgan fingerprint density at radius 2 is 1.53 bits per heavy atom. The number of carbonyl (C=O) groups is 3. The average Bonchev–Trinajstić information content (AvgIpc) is 3.11. The number of amides is 3. The molecular weight excluding hydrogens is 404 g/mol. The summed E-state index contributed by atoms with van der Waals surface area (Å²) in [4.78, 5) is 40.7. The third-order valence-electron chi connectivity index (χ3n) is 6.73. The van der Waals surface area contributed by atoms with Crippen molar-refractivity contribution in [2.24, 2.45) is 0 Å². The van der Waals surface area contributed by atoms with Crippen molar-refractivity contribution >= 4 is 27.6 Å². The molecule has 3 heterocycles. The van der Waals surface area contributed by atoms with Gasteiger partial charge in [-0.2, -0.15) is 0 Å². The van der Waals surface area contributed by atoms with Crippen LogP contribution >= 0.6 is 0 Å². The molecule has 0 aliphatic carbocycles. The minimum Gasteiger partial charge on any atom is -0.337 e. The van der Waals surface area contributed by atoms with Crippen molar-refractivity contribution in [1.82, 2.24) is 9.80 Å². The number of hydrogen-bond donors (Lipinski definition) is 0. The standard InChI is InChI=1S/C22H28N2O5S/c1-30(28,29)17-13-15-10-11-16(14-17)24(15)20(25)9-3-2-6-12-23-21(26)18-7-4-5-8-19(18)22(23)27/h4-5,7-8,15-17H,2-3,6,9-14H2,1H3. The number of fused-ring (bicyclic) bond motifs is 3. The molecule has 8 heteroatoms. The third kappa shape index (κ3) is 3.89. The highest BCUT2D eigenvalue weighted by Gasteiger charge is 2.45. The topological polar surface area (TPSA) is 91.8 Å². The predicted octanol–water partition coefficient (Wildman–Crippen LogP) is 2.41. The Morgan fingerprint density at radius 1 is 0.967 bits per heavy atom. The van der Waals surface area contributed by atoms with E-state index in [0.29, 0.717) is 49.8 Å². The maximum atomic E-state index is 12.7. The summed E-state index contributed by atoms with van der Waals surface area (Å²) >= 11 is 0. The van der Waals surface area contributed by atoms with Crippen LogP contribution in [0.15, 0.2) is 24.3 Å². The largest absolute Gasteiger partial charge is 0.337 e. The second-order valence-corrected chi connectivity index (χ2v) is 11.1. The van der Waals surface area contributed by atoms with Crippen molar-refractivity contribution in [1.29, 1.82) is 0 Å². The fourth-order valence-corrected chi connectivity index (χ4v) is 6.32. The van der Waals surface area contributed by atoms with E-state index in [4.69, 9.17) is 0 Å². The molecule has 2 fully saturated rings. The Bertz CT molecular complexity index is 924. The van der Waals surface area contributed by atoms with Gasteiger partial charge in [-0.1, -0.05) is 18.6 Å². The first-order valence-electron chi connectivity index (χ1n) is 10.7. The first-order chi connectivity index (χ1) is 14.3. The van der Waals surface area contributed by atoms with Gasteiger partial charge in [0, 0.05) is 31.3 Å². The molecule has 162 valence electrons. The molecule has 30 heavy (non-hydrogen) atoms. The van der Waals surface area contributed by atoms with Crippen molar-refractivity contribution in [3.63, 3.8) is 0 Å². The molecule has 3 aliphatic heterocycles. The first-order valence-corrected chi connectivity index (χ1v) is 12.7. The maximum Gasteiger partial charge on any atom is 0.261 e. The van der Waals surface area contributed by atoms with E-state index in [0.717, 1.165) is 19.3 Å². The Balaban J connectivity index is 1.22. The van der Waals surface area contributed by atoms with Gasteiger partial charge < -0.3 is 4.90 Å². The summed E-state index contributed by atoms with van der Waals surface area (Å²) in [5, 5.41) is -0.321. The maximum absolute atomic E-state index is 12.7. The minimum absolute atomic E-state index is 0.0503. The summed E-state index contributed by atoms with van der Waals surface area (Å²) in [6.07, 6.45) is 6.75. The van der Waals surface area contributed by atoms with E-state index in [2.05, 4.69) is 0 Å². The van der Waals surface area contributed by atoms with Crippen molar-refractivity contribution in [2.75, 3.05) is 12.8 Å². The van der Waals surface area contributed by atoms with Gasteiger partial charge in [-0.15, -0.1) is 0 Å². The second kappa shape index (κ2) is 8.13. The molecule has 7 nitrogen and oxygen atoms in total. The molecule has 2 saturated heterocycles. The third-order valence-corrected chi connectivity index (χ3v) is 8.33. The molecule has 1 aromatic carbocycles.